The molecule has 0 saturated carbocycles. The van der Waals surface area contributed by atoms with Gasteiger partial charge >= 0.3 is 0 Å². The molecular formula is C14H9BrCl2N2. The van der Waals surface area contributed by atoms with Crippen LogP contribution in [0.25, 0.3) is 0 Å². The summed E-state index contributed by atoms with van der Waals surface area (Å²) in [5, 5.41) is 13.4. The molecule has 19 heavy (non-hydrogen) atoms. The fourth-order valence-corrected chi connectivity index (χ4v) is 2.45. The Kier molecular flexibility index (Phi) is 4.71. The number of benzene rings is 2. The van der Waals surface area contributed by atoms with Gasteiger partial charge in [-0.1, -0.05) is 39.1 Å². The molecule has 2 nitrogen and oxygen atoms in total. The zero-order valence-corrected chi connectivity index (χ0v) is 12.8. The van der Waals surface area contributed by atoms with E-state index in [0.717, 1.165) is 15.7 Å². The van der Waals surface area contributed by atoms with Gasteiger partial charge in [0.1, 0.15) is 6.04 Å². The van der Waals surface area contributed by atoms with Gasteiger partial charge in [0.2, 0.25) is 0 Å². The lowest BCUT2D eigenvalue weighted by Gasteiger charge is -2.14. The lowest BCUT2D eigenvalue weighted by Crippen LogP contribution is -2.08. The molecule has 0 heterocycles. The van der Waals surface area contributed by atoms with Crippen LogP contribution in [0.3, 0.4) is 0 Å². The van der Waals surface area contributed by atoms with Crippen molar-refractivity contribution in [2.45, 2.75) is 6.04 Å². The van der Waals surface area contributed by atoms with Gasteiger partial charge in [0.05, 0.1) is 6.07 Å². The molecule has 0 bridgehead atoms. The monoisotopic (exact) mass is 354 g/mol. The summed E-state index contributed by atoms with van der Waals surface area (Å²) in [6.45, 7) is 0. The standard InChI is InChI=1S/C14H9BrCl2N2/c15-10-1-3-13(4-2-10)19-14(8-18)9-5-11(16)7-12(17)6-9/h1-7,14,19H. The number of nitriles is 1. The molecule has 0 aromatic heterocycles. The van der Waals surface area contributed by atoms with Crippen molar-refractivity contribution in [1.29, 1.82) is 5.26 Å². The Labute approximate surface area is 130 Å². The zero-order chi connectivity index (χ0) is 13.8. The van der Waals surface area contributed by atoms with Crippen LogP contribution in [0.1, 0.15) is 11.6 Å². The fourth-order valence-electron chi connectivity index (χ4n) is 1.64. The molecule has 0 aliphatic rings. The Morgan fingerprint density at radius 3 is 2.16 bits per heavy atom. The van der Waals surface area contributed by atoms with Gasteiger partial charge in [-0.25, -0.2) is 0 Å². The van der Waals surface area contributed by atoms with E-state index in [0.29, 0.717) is 10.0 Å². The molecule has 0 saturated heterocycles. The summed E-state index contributed by atoms with van der Waals surface area (Å²) in [6.07, 6.45) is 0. The normalized spacial score (nSPS) is 11.7. The predicted octanol–water partition coefficient (Wildman–Crippen LogP) is 5.43. The van der Waals surface area contributed by atoms with Gasteiger partial charge in [-0.15, -0.1) is 0 Å². The molecule has 0 aliphatic carbocycles. The maximum absolute atomic E-state index is 9.27. The number of hydrogen-bond acceptors (Lipinski definition) is 2. The lowest BCUT2D eigenvalue weighted by molar-refractivity contribution is 0.998. The lowest BCUT2D eigenvalue weighted by atomic mass is 10.1. The van der Waals surface area contributed by atoms with Gasteiger partial charge in [-0.2, -0.15) is 5.26 Å². The first-order valence-corrected chi connectivity index (χ1v) is 7.01. The number of hydrogen-bond donors (Lipinski definition) is 1. The van der Waals surface area contributed by atoms with Gasteiger partial charge < -0.3 is 5.32 Å². The molecule has 2 rings (SSSR count). The van der Waals surface area contributed by atoms with E-state index in [1.54, 1.807) is 18.2 Å². The second kappa shape index (κ2) is 6.29. The predicted molar refractivity (Wildman–Crippen MR) is 82.6 cm³/mol. The second-order valence-corrected chi connectivity index (χ2v) is 5.70. The summed E-state index contributed by atoms with van der Waals surface area (Å²) < 4.78 is 0.984. The summed E-state index contributed by atoms with van der Waals surface area (Å²) in [6, 6.07) is 14.4. The van der Waals surface area contributed by atoms with Crippen LogP contribution < -0.4 is 5.32 Å². The Morgan fingerprint density at radius 1 is 1.05 bits per heavy atom. The van der Waals surface area contributed by atoms with Crippen LogP contribution in [-0.2, 0) is 0 Å². The van der Waals surface area contributed by atoms with Crippen LogP contribution in [-0.4, -0.2) is 0 Å². The third-order valence-electron chi connectivity index (χ3n) is 2.50. The molecule has 0 amide bonds. The third-order valence-corrected chi connectivity index (χ3v) is 3.47. The fraction of sp³-hybridized carbons (Fsp3) is 0.0714. The SMILES string of the molecule is N#CC(Nc1ccc(Br)cc1)c1cc(Cl)cc(Cl)c1. The molecule has 5 heteroatoms. The first kappa shape index (κ1) is 14.2. The van der Waals surface area contributed by atoms with Crippen molar-refractivity contribution in [2.24, 2.45) is 0 Å². The first-order valence-electron chi connectivity index (χ1n) is 5.46. The molecule has 0 fully saturated rings. The van der Waals surface area contributed by atoms with E-state index in [-0.39, 0.29) is 0 Å². The number of halogens is 3. The maximum atomic E-state index is 9.27. The molecule has 0 radical (unpaired) electrons. The maximum Gasteiger partial charge on any atom is 0.140 e. The van der Waals surface area contributed by atoms with E-state index in [9.17, 15) is 5.26 Å². The molecule has 1 unspecified atom stereocenters. The van der Waals surface area contributed by atoms with E-state index in [1.165, 1.54) is 0 Å². The van der Waals surface area contributed by atoms with Crippen LogP contribution in [0, 0.1) is 11.3 Å². The Hall–Kier alpha value is -1.21. The van der Waals surface area contributed by atoms with Crippen LogP contribution in [0.4, 0.5) is 5.69 Å². The third kappa shape index (κ3) is 3.87. The van der Waals surface area contributed by atoms with Crippen molar-refractivity contribution in [1.82, 2.24) is 0 Å². The van der Waals surface area contributed by atoms with Gasteiger partial charge in [0.15, 0.2) is 0 Å². The van der Waals surface area contributed by atoms with Crippen LogP contribution in [0.15, 0.2) is 46.9 Å². The van der Waals surface area contributed by atoms with E-state index < -0.39 is 6.04 Å². The van der Waals surface area contributed by atoms with E-state index in [2.05, 4.69) is 27.3 Å². The van der Waals surface area contributed by atoms with Crippen LogP contribution in [0.2, 0.25) is 10.0 Å². The topological polar surface area (TPSA) is 35.8 Å². The Bertz CT molecular complexity index is 600. The van der Waals surface area contributed by atoms with Gasteiger partial charge in [0, 0.05) is 20.2 Å². The zero-order valence-electron chi connectivity index (χ0n) is 9.70. The van der Waals surface area contributed by atoms with Crippen molar-refractivity contribution >= 4 is 44.8 Å². The number of anilines is 1. The molecule has 1 N–H and O–H groups in total. The van der Waals surface area contributed by atoms with Gasteiger partial charge in [-0.3, -0.25) is 0 Å². The smallest absolute Gasteiger partial charge is 0.140 e. The van der Waals surface area contributed by atoms with Crippen molar-refractivity contribution in [3.8, 4) is 6.07 Å². The van der Waals surface area contributed by atoms with Crippen molar-refractivity contribution in [2.75, 3.05) is 5.32 Å². The van der Waals surface area contributed by atoms with E-state index in [1.807, 2.05) is 24.3 Å². The molecule has 0 spiro atoms. The highest BCUT2D eigenvalue weighted by Crippen LogP contribution is 2.26. The highest BCUT2D eigenvalue weighted by Gasteiger charge is 2.11. The highest BCUT2D eigenvalue weighted by atomic mass is 79.9. The minimum Gasteiger partial charge on any atom is -0.366 e. The number of rotatable bonds is 3. The number of nitrogens with zero attached hydrogens (tertiary/aromatic N) is 1. The summed E-state index contributed by atoms with van der Waals surface area (Å²) in [7, 11) is 0. The van der Waals surface area contributed by atoms with E-state index >= 15 is 0 Å². The van der Waals surface area contributed by atoms with Crippen molar-refractivity contribution in [3.05, 3.63) is 62.5 Å². The summed E-state index contributed by atoms with van der Waals surface area (Å²) in [5.41, 5.74) is 1.59. The van der Waals surface area contributed by atoms with Gasteiger partial charge in [-0.05, 0) is 48.0 Å². The Morgan fingerprint density at radius 2 is 1.63 bits per heavy atom. The van der Waals surface area contributed by atoms with E-state index in [4.69, 9.17) is 23.2 Å². The molecule has 2 aromatic rings. The summed E-state index contributed by atoms with van der Waals surface area (Å²) >= 11 is 15.3. The minimum atomic E-state index is -0.502. The van der Waals surface area contributed by atoms with Gasteiger partial charge in [0.25, 0.3) is 0 Å². The minimum absolute atomic E-state index is 0.502. The molecule has 96 valence electrons. The molecule has 2 aromatic carbocycles. The Balaban J connectivity index is 2.25. The molecule has 1 atom stereocenters. The second-order valence-electron chi connectivity index (χ2n) is 3.92. The largest absolute Gasteiger partial charge is 0.366 e. The van der Waals surface area contributed by atoms with Crippen LogP contribution >= 0.6 is 39.1 Å². The average molecular weight is 356 g/mol. The molecular weight excluding hydrogens is 347 g/mol. The van der Waals surface area contributed by atoms with Crippen molar-refractivity contribution < 1.29 is 0 Å². The summed E-state index contributed by atoms with van der Waals surface area (Å²) in [5.74, 6) is 0. The quantitative estimate of drug-likeness (QED) is 0.796. The first-order chi connectivity index (χ1) is 9.08. The average Bonchev–Trinajstić information content (AvgIpc) is 2.37. The summed E-state index contributed by atoms with van der Waals surface area (Å²) in [4.78, 5) is 0. The number of nitrogens with one attached hydrogen (secondary N) is 1. The highest BCUT2D eigenvalue weighted by molar-refractivity contribution is 9.10. The van der Waals surface area contributed by atoms with Crippen molar-refractivity contribution in [3.63, 3.8) is 0 Å². The van der Waals surface area contributed by atoms with Crippen LogP contribution in [0.5, 0.6) is 0 Å². The molecule has 0 aliphatic heterocycles.